The second-order valence-electron chi connectivity index (χ2n) is 13.0. The van der Waals surface area contributed by atoms with Crippen LogP contribution in [0.5, 0.6) is 17.5 Å². The Bertz CT molecular complexity index is 1920. The fourth-order valence-corrected chi connectivity index (χ4v) is 8.35. The number of phenols is 1. The number of ether oxygens (including phenoxy) is 2. The third-order valence-electron chi connectivity index (χ3n) is 10.4. The SMILES string of the molecule is C#Cc1c(F)ccc2cc(O)cc(-c3c(F)c(OC)c4c(N5CC6CCC(C5)N6)nc(OCC56CCCN5CCC6)nc4c3F)c12. The van der Waals surface area contributed by atoms with Crippen LogP contribution in [-0.2, 0) is 0 Å². The number of fused-ring (bicyclic) bond motifs is 5. The van der Waals surface area contributed by atoms with Crippen molar-refractivity contribution in [2.75, 3.05) is 44.8 Å². The summed E-state index contributed by atoms with van der Waals surface area (Å²) < 4.78 is 60.7. The summed E-state index contributed by atoms with van der Waals surface area (Å²) in [5.74, 6) is -0.648. The van der Waals surface area contributed by atoms with Crippen molar-refractivity contribution in [2.24, 2.45) is 0 Å². The Labute approximate surface area is 264 Å². The van der Waals surface area contributed by atoms with Crippen molar-refractivity contribution in [1.29, 1.82) is 0 Å². The first-order chi connectivity index (χ1) is 22.3. The Hall–Kier alpha value is -4.27. The van der Waals surface area contributed by atoms with Gasteiger partial charge in [0.15, 0.2) is 17.4 Å². The third-order valence-corrected chi connectivity index (χ3v) is 10.4. The largest absolute Gasteiger partial charge is 0.508 e. The average molecular weight is 630 g/mol. The van der Waals surface area contributed by atoms with Gasteiger partial charge in [-0.2, -0.15) is 9.97 Å². The molecule has 0 amide bonds. The highest BCUT2D eigenvalue weighted by Crippen LogP contribution is 2.47. The number of nitrogens with zero attached hydrogens (tertiary/aromatic N) is 4. The van der Waals surface area contributed by atoms with Gasteiger partial charge in [-0.15, -0.1) is 6.42 Å². The molecule has 46 heavy (non-hydrogen) atoms. The summed E-state index contributed by atoms with van der Waals surface area (Å²) >= 11 is 0. The highest BCUT2D eigenvalue weighted by molar-refractivity contribution is 6.06. The first-order valence-electron chi connectivity index (χ1n) is 15.9. The summed E-state index contributed by atoms with van der Waals surface area (Å²) in [6.07, 6.45) is 11.9. The summed E-state index contributed by atoms with van der Waals surface area (Å²) in [5, 5.41) is 14.7. The number of anilines is 1. The Morgan fingerprint density at radius 3 is 2.48 bits per heavy atom. The van der Waals surface area contributed by atoms with Crippen LogP contribution in [0.3, 0.4) is 0 Å². The fraction of sp³-hybridized carbons (Fsp3) is 0.429. The van der Waals surface area contributed by atoms with Crippen LogP contribution in [0.15, 0.2) is 24.3 Å². The molecule has 0 saturated carbocycles. The van der Waals surface area contributed by atoms with Crippen LogP contribution in [0.2, 0.25) is 0 Å². The van der Waals surface area contributed by atoms with E-state index in [1.54, 1.807) is 0 Å². The van der Waals surface area contributed by atoms with Crippen molar-refractivity contribution < 1.29 is 27.8 Å². The summed E-state index contributed by atoms with van der Waals surface area (Å²) in [5.41, 5.74) is -1.13. The van der Waals surface area contributed by atoms with E-state index >= 15 is 8.78 Å². The molecule has 2 bridgehead atoms. The van der Waals surface area contributed by atoms with Gasteiger partial charge in [0.25, 0.3) is 0 Å². The van der Waals surface area contributed by atoms with E-state index in [9.17, 15) is 9.50 Å². The summed E-state index contributed by atoms with van der Waals surface area (Å²) in [7, 11) is 1.30. The molecule has 0 aliphatic carbocycles. The number of nitrogens with one attached hydrogen (secondary N) is 1. The van der Waals surface area contributed by atoms with Crippen LogP contribution < -0.4 is 19.7 Å². The Kier molecular flexibility index (Phi) is 6.92. The molecule has 2 unspecified atom stereocenters. The van der Waals surface area contributed by atoms with E-state index < -0.39 is 23.0 Å². The predicted octanol–water partition coefficient (Wildman–Crippen LogP) is 5.51. The van der Waals surface area contributed by atoms with Gasteiger partial charge in [-0.05, 0) is 75.2 Å². The van der Waals surface area contributed by atoms with E-state index in [0.717, 1.165) is 57.7 Å². The van der Waals surface area contributed by atoms with Gasteiger partial charge in [-0.1, -0.05) is 12.0 Å². The van der Waals surface area contributed by atoms with Crippen molar-refractivity contribution in [2.45, 2.75) is 56.1 Å². The van der Waals surface area contributed by atoms with Gasteiger partial charge in [0.2, 0.25) is 0 Å². The van der Waals surface area contributed by atoms with Crippen LogP contribution in [0, 0.1) is 29.8 Å². The second kappa shape index (κ2) is 10.9. The Morgan fingerprint density at radius 2 is 1.78 bits per heavy atom. The fourth-order valence-electron chi connectivity index (χ4n) is 8.35. The molecule has 11 heteroatoms. The molecule has 0 radical (unpaired) electrons. The third kappa shape index (κ3) is 4.45. The van der Waals surface area contributed by atoms with Crippen LogP contribution in [0.1, 0.15) is 44.1 Å². The van der Waals surface area contributed by atoms with Gasteiger partial charge in [-0.3, -0.25) is 4.90 Å². The van der Waals surface area contributed by atoms with Gasteiger partial charge < -0.3 is 24.8 Å². The number of rotatable bonds is 6. The number of methoxy groups -OCH3 is 1. The standard InChI is InChI=1S/C35H34F3N5O3/c1-3-23-25(36)9-6-19-14-22(44)15-24(26(19)23)27-29(37)31-28(32(45-2)30(27)38)33(42-16-20-7-8-21(17-42)39-20)41-34(40-31)46-18-35-10-4-12-43(35)13-5-11-35/h1,6,9,14-15,20-21,39,44H,4-5,7-8,10-13,16-18H2,2H3. The molecule has 2 N–H and O–H groups in total. The normalized spacial score (nSPS) is 22.0. The van der Waals surface area contributed by atoms with E-state index in [1.807, 2.05) is 4.90 Å². The number of benzene rings is 3. The first kappa shape index (κ1) is 29.2. The van der Waals surface area contributed by atoms with E-state index in [-0.39, 0.29) is 62.5 Å². The lowest BCUT2D eigenvalue weighted by molar-refractivity contribution is 0.108. The molecular formula is C35H34F3N5O3. The molecule has 1 aromatic heterocycles. The number of aromatic nitrogens is 2. The van der Waals surface area contributed by atoms with E-state index in [1.165, 1.54) is 25.3 Å². The van der Waals surface area contributed by atoms with Crippen molar-refractivity contribution in [3.8, 4) is 41.0 Å². The molecule has 238 valence electrons. The summed E-state index contributed by atoms with van der Waals surface area (Å²) in [4.78, 5) is 13.9. The van der Waals surface area contributed by atoms with Gasteiger partial charge >= 0.3 is 6.01 Å². The maximum absolute atomic E-state index is 17.1. The van der Waals surface area contributed by atoms with Crippen molar-refractivity contribution >= 4 is 27.5 Å². The van der Waals surface area contributed by atoms with Crippen LogP contribution in [0.25, 0.3) is 32.8 Å². The van der Waals surface area contributed by atoms with Crippen LogP contribution >= 0.6 is 0 Å². The molecule has 2 atom stereocenters. The van der Waals surface area contributed by atoms with Gasteiger partial charge in [0.05, 0.1) is 29.2 Å². The lowest BCUT2D eigenvalue weighted by Gasteiger charge is -2.35. The maximum Gasteiger partial charge on any atom is 0.319 e. The van der Waals surface area contributed by atoms with Gasteiger partial charge in [0, 0.05) is 36.1 Å². The number of terminal acetylenes is 1. The smallest absolute Gasteiger partial charge is 0.319 e. The number of piperazine rings is 1. The van der Waals surface area contributed by atoms with Gasteiger partial charge in [0.1, 0.15) is 29.5 Å². The molecule has 5 heterocycles. The van der Waals surface area contributed by atoms with E-state index in [4.69, 9.17) is 20.9 Å². The number of phenolic OH excluding ortho intramolecular Hbond substituents is 1. The maximum atomic E-state index is 17.1. The second-order valence-corrected chi connectivity index (χ2v) is 13.0. The lowest BCUT2D eigenvalue weighted by Crippen LogP contribution is -2.51. The van der Waals surface area contributed by atoms with E-state index in [2.05, 4.69) is 21.1 Å². The molecular weight excluding hydrogens is 595 g/mol. The van der Waals surface area contributed by atoms with E-state index in [0.29, 0.717) is 30.9 Å². The van der Waals surface area contributed by atoms with Crippen LogP contribution in [-0.4, -0.2) is 77.5 Å². The minimum Gasteiger partial charge on any atom is -0.508 e. The van der Waals surface area contributed by atoms with Crippen LogP contribution in [0.4, 0.5) is 19.0 Å². The number of hydrogen-bond donors (Lipinski definition) is 2. The van der Waals surface area contributed by atoms with Gasteiger partial charge in [-0.25, -0.2) is 13.2 Å². The number of hydrogen-bond acceptors (Lipinski definition) is 8. The molecule has 4 saturated heterocycles. The zero-order valence-corrected chi connectivity index (χ0v) is 25.5. The van der Waals surface area contributed by atoms with Crippen molar-refractivity contribution in [3.05, 3.63) is 47.3 Å². The summed E-state index contributed by atoms with van der Waals surface area (Å²) in [6, 6.07) is 5.54. The van der Waals surface area contributed by atoms with Crippen molar-refractivity contribution in [1.82, 2.24) is 20.2 Å². The average Bonchev–Trinajstić information content (AvgIpc) is 3.73. The lowest BCUT2D eigenvalue weighted by atomic mass is 9.92. The highest BCUT2D eigenvalue weighted by Gasteiger charge is 2.45. The van der Waals surface area contributed by atoms with Crippen molar-refractivity contribution in [3.63, 3.8) is 0 Å². The molecule has 0 spiro atoms. The zero-order valence-electron chi connectivity index (χ0n) is 25.5. The zero-order chi connectivity index (χ0) is 31.7. The molecule has 4 aliphatic heterocycles. The molecule has 4 aromatic rings. The summed E-state index contributed by atoms with van der Waals surface area (Å²) in [6.45, 7) is 3.58. The number of aromatic hydroxyl groups is 1. The Balaban J connectivity index is 1.36. The molecule has 3 aromatic carbocycles. The monoisotopic (exact) mass is 629 g/mol. The predicted molar refractivity (Wildman–Crippen MR) is 169 cm³/mol. The highest BCUT2D eigenvalue weighted by atomic mass is 19.1. The first-order valence-corrected chi connectivity index (χ1v) is 15.9. The minimum absolute atomic E-state index is 0.00357. The minimum atomic E-state index is -1.03. The molecule has 8 nitrogen and oxygen atoms in total. The molecule has 4 fully saturated rings. The molecule has 8 rings (SSSR count). The topological polar surface area (TPSA) is 83.0 Å². The Morgan fingerprint density at radius 1 is 1.04 bits per heavy atom. The molecule has 4 aliphatic rings. The quantitative estimate of drug-likeness (QED) is 0.271. The number of halogens is 3.